The molecule has 10 heteroatoms. The fourth-order valence-corrected chi connectivity index (χ4v) is 5.71. The predicted molar refractivity (Wildman–Crippen MR) is 159 cm³/mol. The number of hydrogen-bond acceptors (Lipinski definition) is 6. The Balaban J connectivity index is 1.41. The average molecular weight is 555 g/mol. The standard InChI is InChI=1S/C30H30N6O3S/c31-29(32)22-7-6-10-25(19-22)36-18-17-35(24-8-2-1-3-9-24)20-27(36)30(37)34-23-15-13-21(14-16-23)26-11-4-5-12-28(26)40(33,38)39/h1-16,19,27H,17-18,20H2,(H3,31,32)(H,34,37)(H2,33,38,39). The number of amidine groups is 1. The SMILES string of the molecule is N=C(N)c1cccc(N2CCN(c3ccccc3)CC2C(=O)Nc2ccc(-c3ccccc3S(N)(=O)=O)cc2)c1. The number of anilines is 3. The van der Waals surface area contributed by atoms with E-state index in [2.05, 4.69) is 10.2 Å². The van der Waals surface area contributed by atoms with Crippen LogP contribution in [0.25, 0.3) is 11.1 Å². The second-order valence-electron chi connectivity index (χ2n) is 9.56. The number of nitrogens with two attached hydrogens (primary N) is 2. The number of nitrogens with zero attached hydrogens (tertiary/aromatic N) is 2. The summed E-state index contributed by atoms with van der Waals surface area (Å²) in [5.41, 5.74) is 9.91. The second kappa shape index (κ2) is 11.2. The summed E-state index contributed by atoms with van der Waals surface area (Å²) < 4.78 is 24.1. The number of nitrogens with one attached hydrogen (secondary N) is 2. The Hall–Kier alpha value is -4.67. The monoisotopic (exact) mass is 554 g/mol. The molecule has 1 aliphatic heterocycles. The van der Waals surface area contributed by atoms with Gasteiger partial charge in [0, 0.05) is 47.8 Å². The largest absolute Gasteiger partial charge is 0.384 e. The normalized spacial score (nSPS) is 15.5. The van der Waals surface area contributed by atoms with Crippen molar-refractivity contribution >= 4 is 38.8 Å². The van der Waals surface area contributed by atoms with Gasteiger partial charge in [-0.3, -0.25) is 10.2 Å². The first-order valence-electron chi connectivity index (χ1n) is 12.7. The van der Waals surface area contributed by atoms with Gasteiger partial charge in [-0.2, -0.15) is 0 Å². The van der Waals surface area contributed by atoms with Gasteiger partial charge >= 0.3 is 0 Å². The molecule has 1 saturated heterocycles. The summed E-state index contributed by atoms with van der Waals surface area (Å²) in [4.78, 5) is 18.0. The Morgan fingerprint density at radius 2 is 1.52 bits per heavy atom. The highest BCUT2D eigenvalue weighted by Crippen LogP contribution is 2.29. The van der Waals surface area contributed by atoms with Gasteiger partial charge in [-0.05, 0) is 48.0 Å². The number of hydrogen-bond donors (Lipinski definition) is 4. The highest BCUT2D eigenvalue weighted by atomic mass is 32.2. The van der Waals surface area contributed by atoms with E-state index in [-0.39, 0.29) is 16.6 Å². The first kappa shape index (κ1) is 26.9. The third-order valence-corrected chi connectivity index (χ3v) is 7.92. The Morgan fingerprint density at radius 3 is 2.23 bits per heavy atom. The van der Waals surface area contributed by atoms with Gasteiger partial charge < -0.3 is 20.9 Å². The van der Waals surface area contributed by atoms with Gasteiger partial charge in [-0.1, -0.05) is 60.7 Å². The van der Waals surface area contributed by atoms with Crippen molar-refractivity contribution in [1.29, 1.82) is 5.41 Å². The minimum atomic E-state index is -3.90. The molecule has 5 rings (SSSR count). The lowest BCUT2D eigenvalue weighted by Crippen LogP contribution is -2.58. The number of benzene rings is 4. The summed E-state index contributed by atoms with van der Waals surface area (Å²) in [6.45, 7) is 1.77. The van der Waals surface area contributed by atoms with E-state index in [1.165, 1.54) is 6.07 Å². The molecule has 0 aliphatic carbocycles. The zero-order chi connectivity index (χ0) is 28.3. The Labute approximate surface area is 233 Å². The van der Waals surface area contributed by atoms with Crippen LogP contribution in [-0.4, -0.2) is 45.8 Å². The number of sulfonamides is 1. The molecule has 40 heavy (non-hydrogen) atoms. The van der Waals surface area contributed by atoms with Crippen molar-refractivity contribution in [3.8, 4) is 11.1 Å². The summed E-state index contributed by atoms with van der Waals surface area (Å²) >= 11 is 0. The molecule has 9 nitrogen and oxygen atoms in total. The van der Waals surface area contributed by atoms with Crippen molar-refractivity contribution < 1.29 is 13.2 Å². The molecule has 6 N–H and O–H groups in total. The van der Waals surface area contributed by atoms with E-state index in [9.17, 15) is 13.2 Å². The molecule has 0 spiro atoms. The summed E-state index contributed by atoms with van der Waals surface area (Å²) in [7, 11) is -3.90. The number of carbonyl (C=O) groups is 1. The molecule has 0 bridgehead atoms. The highest BCUT2D eigenvalue weighted by Gasteiger charge is 2.33. The highest BCUT2D eigenvalue weighted by molar-refractivity contribution is 7.89. The molecule has 4 aromatic carbocycles. The first-order valence-corrected chi connectivity index (χ1v) is 14.3. The Morgan fingerprint density at radius 1 is 0.850 bits per heavy atom. The molecule has 1 atom stereocenters. The fourth-order valence-electron chi connectivity index (χ4n) is 4.95. The molecule has 0 radical (unpaired) electrons. The molecule has 0 aromatic heterocycles. The molecule has 1 unspecified atom stereocenters. The number of para-hydroxylation sites is 1. The third kappa shape index (κ3) is 5.83. The van der Waals surface area contributed by atoms with Gasteiger partial charge in [0.2, 0.25) is 15.9 Å². The molecular formula is C30H30N6O3S. The van der Waals surface area contributed by atoms with Crippen LogP contribution in [0.15, 0.2) is 108 Å². The molecule has 1 heterocycles. The molecular weight excluding hydrogens is 524 g/mol. The smallest absolute Gasteiger partial charge is 0.248 e. The van der Waals surface area contributed by atoms with Gasteiger partial charge in [-0.15, -0.1) is 0 Å². The van der Waals surface area contributed by atoms with Crippen molar-refractivity contribution in [2.24, 2.45) is 10.9 Å². The third-order valence-electron chi connectivity index (χ3n) is 6.95. The average Bonchev–Trinajstić information content (AvgIpc) is 2.97. The lowest BCUT2D eigenvalue weighted by molar-refractivity contribution is -0.117. The van der Waals surface area contributed by atoms with E-state index in [1.807, 2.05) is 53.4 Å². The Bertz CT molecular complexity index is 1640. The minimum absolute atomic E-state index is 0.0325. The van der Waals surface area contributed by atoms with Gasteiger partial charge in [-0.25, -0.2) is 13.6 Å². The number of piperazine rings is 1. The van der Waals surface area contributed by atoms with E-state index in [1.54, 1.807) is 48.5 Å². The lowest BCUT2D eigenvalue weighted by Gasteiger charge is -2.43. The summed E-state index contributed by atoms with van der Waals surface area (Å²) in [5.74, 6) is -0.221. The van der Waals surface area contributed by atoms with Crippen LogP contribution in [0.4, 0.5) is 17.1 Å². The zero-order valence-electron chi connectivity index (χ0n) is 21.7. The maximum atomic E-state index is 13.7. The zero-order valence-corrected chi connectivity index (χ0v) is 22.5. The van der Waals surface area contributed by atoms with Crippen LogP contribution in [0.5, 0.6) is 0 Å². The predicted octanol–water partition coefficient (Wildman–Crippen LogP) is 3.62. The molecule has 1 amide bonds. The van der Waals surface area contributed by atoms with Crippen molar-refractivity contribution in [2.45, 2.75) is 10.9 Å². The van der Waals surface area contributed by atoms with Gasteiger partial charge in [0.15, 0.2) is 0 Å². The number of carbonyl (C=O) groups excluding carboxylic acids is 1. The topological polar surface area (TPSA) is 146 Å². The quantitative estimate of drug-likeness (QED) is 0.203. The van der Waals surface area contributed by atoms with Crippen LogP contribution >= 0.6 is 0 Å². The van der Waals surface area contributed by atoms with E-state index in [0.29, 0.717) is 35.5 Å². The fraction of sp³-hybridized carbons (Fsp3) is 0.133. The van der Waals surface area contributed by atoms with Crippen LogP contribution in [0, 0.1) is 5.41 Å². The Kier molecular flexibility index (Phi) is 7.54. The lowest BCUT2D eigenvalue weighted by atomic mass is 10.0. The van der Waals surface area contributed by atoms with Crippen LogP contribution in [0.3, 0.4) is 0 Å². The van der Waals surface area contributed by atoms with E-state index >= 15 is 0 Å². The summed E-state index contributed by atoms with van der Waals surface area (Å²) in [6.07, 6.45) is 0. The van der Waals surface area contributed by atoms with Crippen LogP contribution in [-0.2, 0) is 14.8 Å². The number of rotatable bonds is 7. The maximum Gasteiger partial charge on any atom is 0.248 e. The van der Waals surface area contributed by atoms with E-state index in [4.69, 9.17) is 16.3 Å². The van der Waals surface area contributed by atoms with Crippen LogP contribution in [0.2, 0.25) is 0 Å². The van der Waals surface area contributed by atoms with E-state index in [0.717, 1.165) is 17.9 Å². The van der Waals surface area contributed by atoms with Crippen molar-refractivity contribution in [3.05, 3.63) is 109 Å². The molecule has 1 aliphatic rings. The second-order valence-corrected chi connectivity index (χ2v) is 11.1. The van der Waals surface area contributed by atoms with Crippen molar-refractivity contribution in [3.63, 3.8) is 0 Å². The number of nitrogen functional groups attached to an aromatic ring is 1. The van der Waals surface area contributed by atoms with Gasteiger partial charge in [0.05, 0.1) is 4.90 Å². The summed E-state index contributed by atoms with van der Waals surface area (Å²) in [6, 6.07) is 30.3. The van der Waals surface area contributed by atoms with Crippen molar-refractivity contribution in [2.75, 3.05) is 34.8 Å². The number of primary sulfonamides is 1. The molecule has 1 fully saturated rings. The number of amides is 1. The maximum absolute atomic E-state index is 13.7. The van der Waals surface area contributed by atoms with Crippen LogP contribution in [0.1, 0.15) is 5.56 Å². The van der Waals surface area contributed by atoms with Crippen LogP contribution < -0.4 is 26.0 Å². The molecule has 204 valence electrons. The van der Waals surface area contributed by atoms with Crippen molar-refractivity contribution in [1.82, 2.24) is 0 Å². The first-order chi connectivity index (χ1) is 19.2. The molecule has 0 saturated carbocycles. The molecule has 4 aromatic rings. The minimum Gasteiger partial charge on any atom is -0.384 e. The summed E-state index contributed by atoms with van der Waals surface area (Å²) in [5, 5.41) is 16.3. The van der Waals surface area contributed by atoms with Gasteiger partial charge in [0.1, 0.15) is 11.9 Å². The van der Waals surface area contributed by atoms with Gasteiger partial charge in [0.25, 0.3) is 0 Å². The van der Waals surface area contributed by atoms with E-state index < -0.39 is 16.1 Å².